The molecule has 1 amide bonds. The molecule has 1 saturated heterocycles. The highest BCUT2D eigenvalue weighted by atomic mass is 32.1. The van der Waals surface area contributed by atoms with E-state index in [9.17, 15) is 4.79 Å². The topological polar surface area (TPSA) is 72.1 Å². The molecule has 0 aromatic carbocycles. The van der Waals surface area contributed by atoms with E-state index in [-0.39, 0.29) is 11.8 Å². The molecule has 0 bridgehead atoms. The van der Waals surface area contributed by atoms with E-state index in [4.69, 9.17) is 12.2 Å². The first-order valence-electron chi connectivity index (χ1n) is 4.06. The summed E-state index contributed by atoms with van der Waals surface area (Å²) >= 11 is 1.19. The van der Waals surface area contributed by atoms with Crippen molar-refractivity contribution >= 4 is 27.5 Å². The van der Waals surface area contributed by atoms with Crippen LogP contribution in [0.3, 0.4) is 0 Å². The molecule has 1 atom stereocenters. The van der Waals surface area contributed by atoms with E-state index in [2.05, 4.69) is 16.1 Å². The smallest absolute Gasteiger partial charge is 0.230 e. The normalized spacial score (nSPS) is 21.2. The van der Waals surface area contributed by atoms with E-state index in [1.54, 1.807) is 4.90 Å². The number of nitrogens with two attached hydrogens (primary N) is 1. The number of carbonyl (C=O) groups excluding carboxylic acids is 1. The fraction of sp³-hybridized carbons (Fsp3) is 0.375. The van der Waals surface area contributed by atoms with Crippen LogP contribution in [0.2, 0.25) is 0 Å². The zero-order chi connectivity index (χ0) is 10.1. The number of aromatic nitrogens is 2. The van der Waals surface area contributed by atoms with Gasteiger partial charge in [0.2, 0.25) is 16.2 Å². The summed E-state index contributed by atoms with van der Waals surface area (Å²) < 4.78 is 0. The number of nitrogen functional groups attached to an aromatic ring is 1. The first-order valence-corrected chi connectivity index (χ1v) is 4.88. The molecular weight excluding hydrogens is 200 g/mol. The molecule has 0 saturated carbocycles. The maximum absolute atomic E-state index is 11.5. The first kappa shape index (κ1) is 8.97. The van der Waals surface area contributed by atoms with Gasteiger partial charge in [0.15, 0.2) is 0 Å². The molecule has 0 radical (unpaired) electrons. The molecule has 0 aliphatic carbocycles. The number of rotatable bonds is 1. The zero-order valence-corrected chi connectivity index (χ0v) is 8.12. The largest absolute Gasteiger partial charge is 0.374 e. The van der Waals surface area contributed by atoms with Crippen molar-refractivity contribution in [3.8, 4) is 12.3 Å². The molecule has 1 aliphatic rings. The van der Waals surface area contributed by atoms with Crippen molar-refractivity contribution in [3.63, 3.8) is 0 Å². The van der Waals surface area contributed by atoms with E-state index < -0.39 is 0 Å². The third-order valence-corrected chi connectivity index (χ3v) is 2.80. The van der Waals surface area contributed by atoms with Crippen LogP contribution >= 0.6 is 11.3 Å². The van der Waals surface area contributed by atoms with Crippen LogP contribution in [-0.2, 0) is 4.79 Å². The maximum Gasteiger partial charge on any atom is 0.230 e. The van der Waals surface area contributed by atoms with Crippen molar-refractivity contribution in [2.24, 2.45) is 5.92 Å². The molecular formula is C8H8N4OS. The van der Waals surface area contributed by atoms with Crippen LogP contribution in [0, 0.1) is 18.3 Å². The third-order valence-electron chi connectivity index (χ3n) is 2.02. The van der Waals surface area contributed by atoms with Gasteiger partial charge in [0.05, 0.1) is 0 Å². The Bertz CT molecular complexity index is 408. The Morgan fingerprint density at radius 2 is 2.43 bits per heavy atom. The summed E-state index contributed by atoms with van der Waals surface area (Å²) in [6, 6.07) is 0. The molecule has 5 nitrogen and oxygen atoms in total. The standard InChI is InChI=1S/C8H8N4OS/c1-2-5-3-6(13)12(4-5)8-11-10-7(9)14-8/h1,5H,3-4H2,(H2,9,10). The second-order valence-electron chi connectivity index (χ2n) is 2.99. The second-order valence-corrected chi connectivity index (χ2v) is 3.98. The molecule has 1 fully saturated rings. The Kier molecular flexibility index (Phi) is 2.09. The molecule has 2 rings (SSSR count). The number of hydrogen-bond donors (Lipinski definition) is 1. The van der Waals surface area contributed by atoms with Crippen molar-refractivity contribution in [2.75, 3.05) is 17.2 Å². The lowest BCUT2D eigenvalue weighted by atomic mass is 10.1. The summed E-state index contributed by atoms with van der Waals surface area (Å²) in [6.45, 7) is 0.518. The Morgan fingerprint density at radius 1 is 1.64 bits per heavy atom. The third kappa shape index (κ3) is 1.42. The Hall–Kier alpha value is -1.61. The van der Waals surface area contributed by atoms with Gasteiger partial charge in [-0.1, -0.05) is 11.3 Å². The summed E-state index contributed by atoms with van der Waals surface area (Å²) in [5.74, 6) is 2.53. The summed E-state index contributed by atoms with van der Waals surface area (Å²) in [7, 11) is 0. The number of amides is 1. The Balaban J connectivity index is 2.21. The monoisotopic (exact) mass is 208 g/mol. The number of terminal acetylenes is 1. The van der Waals surface area contributed by atoms with Crippen LogP contribution in [-0.4, -0.2) is 22.6 Å². The van der Waals surface area contributed by atoms with Crippen molar-refractivity contribution in [2.45, 2.75) is 6.42 Å². The fourth-order valence-corrected chi connectivity index (χ4v) is 1.98. The minimum absolute atomic E-state index is 0.0101. The van der Waals surface area contributed by atoms with Crippen LogP contribution in [0.4, 0.5) is 10.3 Å². The van der Waals surface area contributed by atoms with Gasteiger partial charge in [-0.05, 0) is 0 Å². The highest BCUT2D eigenvalue weighted by Gasteiger charge is 2.31. The number of carbonyl (C=O) groups is 1. The van der Waals surface area contributed by atoms with E-state index in [0.717, 1.165) is 0 Å². The quantitative estimate of drug-likeness (QED) is 0.665. The summed E-state index contributed by atoms with van der Waals surface area (Å²) in [6.07, 6.45) is 5.64. The second kappa shape index (κ2) is 3.27. The van der Waals surface area contributed by atoms with Crippen molar-refractivity contribution < 1.29 is 4.79 Å². The Morgan fingerprint density at radius 3 is 2.93 bits per heavy atom. The minimum Gasteiger partial charge on any atom is -0.374 e. The summed E-state index contributed by atoms with van der Waals surface area (Å²) in [4.78, 5) is 13.0. The van der Waals surface area contributed by atoms with E-state index in [0.29, 0.717) is 23.2 Å². The molecule has 0 spiro atoms. The molecule has 1 unspecified atom stereocenters. The van der Waals surface area contributed by atoms with Crippen LogP contribution in [0.15, 0.2) is 0 Å². The highest BCUT2D eigenvalue weighted by molar-refractivity contribution is 7.19. The van der Waals surface area contributed by atoms with Crippen molar-refractivity contribution in [3.05, 3.63) is 0 Å². The zero-order valence-electron chi connectivity index (χ0n) is 7.30. The molecule has 6 heteroatoms. The lowest BCUT2D eigenvalue weighted by Crippen LogP contribution is -2.24. The number of nitrogens with zero attached hydrogens (tertiary/aromatic N) is 3. The molecule has 1 aromatic rings. The predicted octanol–water partition coefficient (Wildman–Crippen LogP) is 0.106. The molecule has 1 aliphatic heterocycles. The van der Waals surface area contributed by atoms with Gasteiger partial charge in [-0.2, -0.15) is 0 Å². The molecule has 72 valence electrons. The molecule has 14 heavy (non-hydrogen) atoms. The van der Waals surface area contributed by atoms with Crippen LogP contribution in [0.1, 0.15) is 6.42 Å². The fourth-order valence-electron chi connectivity index (χ4n) is 1.34. The van der Waals surface area contributed by atoms with Gasteiger partial charge in [0.25, 0.3) is 0 Å². The van der Waals surface area contributed by atoms with Gasteiger partial charge < -0.3 is 5.73 Å². The number of hydrogen-bond acceptors (Lipinski definition) is 5. The summed E-state index contributed by atoms with van der Waals surface area (Å²) in [5, 5.41) is 8.34. The van der Waals surface area contributed by atoms with E-state index in [1.807, 2.05) is 0 Å². The number of anilines is 2. The first-order chi connectivity index (χ1) is 6.70. The lowest BCUT2D eigenvalue weighted by Gasteiger charge is -2.09. The van der Waals surface area contributed by atoms with Gasteiger partial charge in [-0.15, -0.1) is 22.5 Å². The van der Waals surface area contributed by atoms with Gasteiger partial charge in [0, 0.05) is 18.9 Å². The highest BCUT2D eigenvalue weighted by Crippen LogP contribution is 2.27. The van der Waals surface area contributed by atoms with Crippen LogP contribution < -0.4 is 10.6 Å². The Labute approximate surface area is 84.9 Å². The average molecular weight is 208 g/mol. The van der Waals surface area contributed by atoms with Crippen molar-refractivity contribution in [1.82, 2.24) is 10.2 Å². The lowest BCUT2D eigenvalue weighted by molar-refractivity contribution is -0.117. The average Bonchev–Trinajstić information content (AvgIpc) is 2.71. The van der Waals surface area contributed by atoms with Gasteiger partial charge in [-0.3, -0.25) is 9.69 Å². The molecule has 1 aromatic heterocycles. The van der Waals surface area contributed by atoms with Crippen molar-refractivity contribution in [1.29, 1.82) is 0 Å². The molecule has 2 N–H and O–H groups in total. The van der Waals surface area contributed by atoms with Crippen LogP contribution in [0.5, 0.6) is 0 Å². The van der Waals surface area contributed by atoms with Crippen LogP contribution in [0.25, 0.3) is 0 Å². The SMILES string of the molecule is C#CC1CC(=O)N(c2nnc(N)s2)C1. The van der Waals surface area contributed by atoms with Gasteiger partial charge in [-0.25, -0.2) is 0 Å². The van der Waals surface area contributed by atoms with E-state index >= 15 is 0 Å². The van der Waals surface area contributed by atoms with Gasteiger partial charge >= 0.3 is 0 Å². The maximum atomic E-state index is 11.5. The predicted molar refractivity (Wildman–Crippen MR) is 53.6 cm³/mol. The summed E-state index contributed by atoms with van der Waals surface area (Å²) in [5.41, 5.74) is 5.43. The minimum atomic E-state index is -0.0207. The van der Waals surface area contributed by atoms with Gasteiger partial charge in [0.1, 0.15) is 0 Å². The molecule has 2 heterocycles. The van der Waals surface area contributed by atoms with E-state index in [1.165, 1.54) is 11.3 Å².